The van der Waals surface area contributed by atoms with Crippen LogP contribution in [0.5, 0.6) is 0 Å². The lowest BCUT2D eigenvalue weighted by Gasteiger charge is -2.35. The van der Waals surface area contributed by atoms with Crippen LogP contribution in [-0.4, -0.2) is 31.9 Å². The van der Waals surface area contributed by atoms with Gasteiger partial charge >= 0.3 is 6.18 Å². The van der Waals surface area contributed by atoms with Gasteiger partial charge < -0.3 is 11.1 Å². The average Bonchev–Trinajstić information content (AvgIpc) is 2.85. The maximum absolute atomic E-state index is 12.8. The van der Waals surface area contributed by atoms with Crippen molar-refractivity contribution in [3.63, 3.8) is 0 Å². The van der Waals surface area contributed by atoms with Gasteiger partial charge in [-0.3, -0.25) is 0 Å². The van der Waals surface area contributed by atoms with E-state index in [1.165, 1.54) is 0 Å². The summed E-state index contributed by atoms with van der Waals surface area (Å²) in [4.78, 5) is 14.8. The molecule has 0 aliphatic heterocycles. The second-order valence-electron chi connectivity index (χ2n) is 4.98. The Balaban J connectivity index is 1.82. The number of alkyl halides is 5. The minimum Gasteiger partial charge on any atom is -0.368 e. The van der Waals surface area contributed by atoms with E-state index in [9.17, 15) is 22.0 Å². The molecule has 2 aromatic rings. The maximum Gasteiger partial charge on any atom is 0.443 e. The highest BCUT2D eigenvalue weighted by molar-refractivity contribution is 7.10. The van der Waals surface area contributed by atoms with Crippen LogP contribution < -0.4 is 11.1 Å². The fourth-order valence-corrected chi connectivity index (χ4v) is 2.69. The lowest BCUT2D eigenvalue weighted by molar-refractivity contribution is -0.137. The Labute approximate surface area is 130 Å². The van der Waals surface area contributed by atoms with Gasteiger partial charge in [-0.25, -0.2) is 13.8 Å². The van der Waals surface area contributed by atoms with Gasteiger partial charge in [-0.05, 0) is 0 Å². The predicted octanol–water partition coefficient (Wildman–Crippen LogP) is 2.81. The molecule has 0 amide bonds. The van der Waals surface area contributed by atoms with E-state index < -0.39 is 23.1 Å². The van der Waals surface area contributed by atoms with E-state index in [4.69, 9.17) is 5.73 Å². The van der Waals surface area contributed by atoms with Crippen molar-refractivity contribution < 1.29 is 22.0 Å². The summed E-state index contributed by atoms with van der Waals surface area (Å²) in [5.74, 6) is -3.20. The van der Waals surface area contributed by atoms with Crippen molar-refractivity contribution in [2.45, 2.75) is 31.0 Å². The summed E-state index contributed by atoms with van der Waals surface area (Å²) in [6.45, 7) is 0. The summed E-state index contributed by atoms with van der Waals surface area (Å²) in [6.07, 6.45) is -5.31. The fourth-order valence-electron chi connectivity index (χ4n) is 2.02. The second kappa shape index (κ2) is 5.22. The van der Waals surface area contributed by atoms with Gasteiger partial charge in [0.05, 0.1) is 0 Å². The fraction of sp³-hybridized carbons (Fsp3) is 0.455. The number of thiazole rings is 1. The van der Waals surface area contributed by atoms with E-state index in [1.807, 2.05) is 0 Å². The van der Waals surface area contributed by atoms with E-state index in [-0.39, 0.29) is 36.3 Å². The first-order valence-corrected chi connectivity index (χ1v) is 7.19. The first-order chi connectivity index (χ1) is 10.6. The molecule has 6 nitrogen and oxygen atoms in total. The number of nitrogens with one attached hydrogen (secondary N) is 1. The number of halogens is 5. The number of rotatable bonds is 3. The van der Waals surface area contributed by atoms with Crippen LogP contribution in [0.15, 0.2) is 5.38 Å². The number of nitrogens with zero attached hydrogens (tertiary/aromatic N) is 4. The number of aromatic nitrogens is 4. The first-order valence-electron chi connectivity index (χ1n) is 6.31. The van der Waals surface area contributed by atoms with Gasteiger partial charge in [0.25, 0.3) is 5.92 Å². The molecule has 23 heavy (non-hydrogen) atoms. The van der Waals surface area contributed by atoms with Crippen molar-refractivity contribution in [1.82, 2.24) is 19.9 Å². The summed E-state index contributed by atoms with van der Waals surface area (Å²) in [7, 11) is 0. The Hall–Kier alpha value is -2.11. The van der Waals surface area contributed by atoms with Crippen LogP contribution in [-0.2, 0) is 6.18 Å². The predicted molar refractivity (Wildman–Crippen MR) is 71.9 cm³/mol. The van der Waals surface area contributed by atoms with Crippen molar-refractivity contribution in [3.05, 3.63) is 10.4 Å². The topological polar surface area (TPSA) is 89.6 Å². The summed E-state index contributed by atoms with van der Waals surface area (Å²) in [6, 6.07) is -0.527. The molecular formula is C11H9F5N6S. The Morgan fingerprint density at radius 1 is 1.17 bits per heavy atom. The molecule has 1 fully saturated rings. The van der Waals surface area contributed by atoms with E-state index in [1.54, 1.807) is 0 Å². The molecule has 1 saturated carbocycles. The number of hydrogen-bond donors (Lipinski definition) is 2. The van der Waals surface area contributed by atoms with Crippen LogP contribution in [0.2, 0.25) is 0 Å². The van der Waals surface area contributed by atoms with Crippen LogP contribution >= 0.6 is 11.3 Å². The van der Waals surface area contributed by atoms with Gasteiger partial charge in [0, 0.05) is 24.3 Å². The number of nitrogens with two attached hydrogens (primary N) is 1. The molecule has 12 heteroatoms. The molecule has 2 heterocycles. The molecule has 3 rings (SSSR count). The van der Waals surface area contributed by atoms with Crippen molar-refractivity contribution >= 4 is 23.2 Å². The lowest BCUT2D eigenvalue weighted by atomic mass is 9.88. The molecule has 1 aliphatic rings. The molecule has 0 atom stereocenters. The lowest BCUT2D eigenvalue weighted by Crippen LogP contribution is -2.44. The van der Waals surface area contributed by atoms with Crippen LogP contribution in [0.25, 0.3) is 11.5 Å². The van der Waals surface area contributed by atoms with Crippen molar-refractivity contribution in [1.29, 1.82) is 0 Å². The van der Waals surface area contributed by atoms with Crippen LogP contribution in [0.4, 0.5) is 33.8 Å². The monoisotopic (exact) mass is 352 g/mol. The molecule has 0 spiro atoms. The van der Waals surface area contributed by atoms with Gasteiger partial charge in [0.15, 0.2) is 10.8 Å². The summed E-state index contributed by atoms with van der Waals surface area (Å²) in [5.41, 5.74) is 5.37. The van der Waals surface area contributed by atoms with E-state index in [2.05, 4.69) is 25.3 Å². The molecule has 3 N–H and O–H groups in total. The quantitative estimate of drug-likeness (QED) is 0.826. The normalized spacial score (nSPS) is 17.8. The van der Waals surface area contributed by atoms with Crippen molar-refractivity contribution in [3.8, 4) is 11.5 Å². The van der Waals surface area contributed by atoms with E-state index in [0.29, 0.717) is 11.3 Å². The Morgan fingerprint density at radius 3 is 2.43 bits per heavy atom. The van der Waals surface area contributed by atoms with Crippen molar-refractivity contribution in [2.75, 3.05) is 11.1 Å². The zero-order chi connectivity index (χ0) is 16.8. The molecule has 0 unspecified atom stereocenters. The number of anilines is 2. The molecule has 0 saturated heterocycles. The van der Waals surface area contributed by atoms with Gasteiger partial charge in [-0.15, -0.1) is 11.3 Å². The summed E-state index contributed by atoms with van der Waals surface area (Å²) < 4.78 is 63.3. The summed E-state index contributed by atoms with van der Waals surface area (Å²) in [5, 5.41) is 2.75. The molecule has 124 valence electrons. The third-order valence-electron chi connectivity index (χ3n) is 3.05. The molecule has 0 aromatic carbocycles. The van der Waals surface area contributed by atoms with Gasteiger partial charge in [0.1, 0.15) is 5.69 Å². The molecule has 0 radical (unpaired) electrons. The molecule has 1 aliphatic carbocycles. The molecular weight excluding hydrogens is 343 g/mol. The van der Waals surface area contributed by atoms with Gasteiger partial charge in [-0.1, -0.05) is 0 Å². The largest absolute Gasteiger partial charge is 0.443 e. The first kappa shape index (κ1) is 15.8. The van der Waals surface area contributed by atoms with Crippen LogP contribution in [0.1, 0.15) is 17.8 Å². The Kier molecular flexibility index (Phi) is 3.58. The highest BCUT2D eigenvalue weighted by atomic mass is 32.1. The van der Waals surface area contributed by atoms with E-state index >= 15 is 0 Å². The Bertz CT molecular complexity index is 722. The van der Waals surface area contributed by atoms with Crippen molar-refractivity contribution in [2.24, 2.45) is 0 Å². The number of nitrogen functional groups attached to an aromatic ring is 1. The third-order valence-corrected chi connectivity index (χ3v) is 3.94. The highest BCUT2D eigenvalue weighted by Gasteiger charge is 2.45. The average molecular weight is 352 g/mol. The SMILES string of the molecule is Nc1nc(NC2CC(F)(F)C2)nc(-c2csc(C(F)(F)F)n2)n1. The standard InChI is InChI=1S/C11H9F5N6S/c12-10(13)1-4(2-10)18-9-21-6(20-8(17)22-9)5-3-23-7(19-5)11(14,15)16/h3-4H,1-2H2,(H3,17,18,20,21,22). The smallest absolute Gasteiger partial charge is 0.368 e. The minimum absolute atomic E-state index is 0.0745. The highest BCUT2D eigenvalue weighted by Crippen LogP contribution is 2.39. The maximum atomic E-state index is 12.8. The van der Waals surface area contributed by atoms with Gasteiger partial charge in [-0.2, -0.15) is 28.1 Å². The zero-order valence-electron chi connectivity index (χ0n) is 11.2. The Morgan fingerprint density at radius 2 is 1.87 bits per heavy atom. The van der Waals surface area contributed by atoms with E-state index in [0.717, 1.165) is 5.38 Å². The van der Waals surface area contributed by atoms with Gasteiger partial charge in [0.2, 0.25) is 11.9 Å². The zero-order valence-corrected chi connectivity index (χ0v) is 12.0. The third kappa shape index (κ3) is 3.46. The molecule has 0 bridgehead atoms. The van der Waals surface area contributed by atoms with Crippen LogP contribution in [0, 0.1) is 0 Å². The summed E-state index contributed by atoms with van der Waals surface area (Å²) >= 11 is 0.395. The number of hydrogen-bond acceptors (Lipinski definition) is 7. The second-order valence-corrected chi connectivity index (χ2v) is 5.84. The minimum atomic E-state index is -4.57. The molecule has 2 aromatic heterocycles. The van der Waals surface area contributed by atoms with Crippen LogP contribution in [0.3, 0.4) is 0 Å².